The summed E-state index contributed by atoms with van der Waals surface area (Å²) in [5.74, 6) is 1.07. The summed E-state index contributed by atoms with van der Waals surface area (Å²) in [4.78, 5) is 4.12. The van der Waals surface area contributed by atoms with Crippen LogP contribution in [0.3, 0.4) is 0 Å². The average molecular weight is 227 g/mol. The van der Waals surface area contributed by atoms with Gasteiger partial charge in [0.15, 0.2) is 0 Å². The summed E-state index contributed by atoms with van der Waals surface area (Å²) in [6.07, 6.45) is 0. The Hall–Kier alpha value is -2.36. The number of benzene rings is 1. The Morgan fingerprint density at radius 1 is 1.18 bits per heavy atom. The molecule has 0 amide bonds. The molecule has 3 N–H and O–H groups in total. The summed E-state index contributed by atoms with van der Waals surface area (Å²) in [5.41, 5.74) is 6.94. The largest absolute Gasteiger partial charge is 0.439 e. The molecule has 0 spiro atoms. The standard InChI is InChI=1S/C13H13N3O/c1-9-5-7-10(8-6-9)17-12-4-2-3-11(16-12)13(14)15/h2-8H,1H3,(H3,14,15). The van der Waals surface area contributed by atoms with Crippen molar-refractivity contribution in [1.82, 2.24) is 4.98 Å². The minimum absolute atomic E-state index is 0.0700. The van der Waals surface area contributed by atoms with Gasteiger partial charge in [-0.05, 0) is 25.1 Å². The number of hydrogen-bond acceptors (Lipinski definition) is 3. The van der Waals surface area contributed by atoms with E-state index in [0.717, 1.165) is 0 Å². The van der Waals surface area contributed by atoms with Crippen molar-refractivity contribution in [1.29, 1.82) is 5.41 Å². The molecule has 0 saturated carbocycles. The number of hydrogen-bond donors (Lipinski definition) is 2. The number of pyridine rings is 1. The molecule has 17 heavy (non-hydrogen) atoms. The number of nitrogens with zero attached hydrogens (tertiary/aromatic N) is 1. The van der Waals surface area contributed by atoms with Crippen molar-refractivity contribution >= 4 is 5.84 Å². The van der Waals surface area contributed by atoms with Crippen LogP contribution in [0.5, 0.6) is 11.6 Å². The van der Waals surface area contributed by atoms with Gasteiger partial charge < -0.3 is 10.5 Å². The van der Waals surface area contributed by atoms with E-state index in [0.29, 0.717) is 17.3 Å². The zero-order valence-corrected chi connectivity index (χ0v) is 9.47. The molecule has 0 aliphatic heterocycles. The summed E-state index contributed by atoms with van der Waals surface area (Å²) >= 11 is 0. The lowest BCUT2D eigenvalue weighted by atomic mass is 10.2. The van der Waals surface area contributed by atoms with E-state index in [1.165, 1.54) is 5.56 Å². The van der Waals surface area contributed by atoms with E-state index in [2.05, 4.69) is 4.98 Å². The number of amidine groups is 1. The van der Waals surface area contributed by atoms with Gasteiger partial charge in [-0.15, -0.1) is 0 Å². The van der Waals surface area contributed by atoms with Crippen LogP contribution in [0.2, 0.25) is 0 Å². The van der Waals surface area contributed by atoms with Crippen molar-refractivity contribution in [3.8, 4) is 11.6 Å². The maximum atomic E-state index is 7.30. The Morgan fingerprint density at radius 2 is 1.88 bits per heavy atom. The van der Waals surface area contributed by atoms with Gasteiger partial charge in [-0.25, -0.2) is 4.98 Å². The Kier molecular flexibility index (Phi) is 3.05. The minimum atomic E-state index is -0.0700. The minimum Gasteiger partial charge on any atom is -0.439 e. The van der Waals surface area contributed by atoms with Gasteiger partial charge in [-0.2, -0.15) is 0 Å². The van der Waals surface area contributed by atoms with E-state index in [1.54, 1.807) is 18.2 Å². The Labute approximate surface area is 99.6 Å². The highest BCUT2D eigenvalue weighted by Gasteiger charge is 2.02. The Morgan fingerprint density at radius 3 is 2.53 bits per heavy atom. The molecular weight excluding hydrogens is 214 g/mol. The highest BCUT2D eigenvalue weighted by molar-refractivity contribution is 5.93. The topological polar surface area (TPSA) is 72.0 Å². The molecule has 4 nitrogen and oxygen atoms in total. The van der Waals surface area contributed by atoms with Crippen molar-refractivity contribution in [3.63, 3.8) is 0 Å². The van der Waals surface area contributed by atoms with Crippen molar-refractivity contribution < 1.29 is 4.74 Å². The molecule has 0 fully saturated rings. The van der Waals surface area contributed by atoms with E-state index in [1.807, 2.05) is 31.2 Å². The lowest BCUT2D eigenvalue weighted by Crippen LogP contribution is -2.13. The van der Waals surface area contributed by atoms with Gasteiger partial charge in [0.25, 0.3) is 0 Å². The van der Waals surface area contributed by atoms with Crippen LogP contribution >= 0.6 is 0 Å². The van der Waals surface area contributed by atoms with Gasteiger partial charge in [-0.1, -0.05) is 23.8 Å². The number of rotatable bonds is 3. The van der Waals surface area contributed by atoms with Crippen LogP contribution in [0, 0.1) is 12.3 Å². The maximum absolute atomic E-state index is 7.30. The lowest BCUT2D eigenvalue weighted by Gasteiger charge is -2.06. The fraction of sp³-hybridized carbons (Fsp3) is 0.0769. The summed E-state index contributed by atoms with van der Waals surface area (Å²) in [6, 6.07) is 12.8. The SMILES string of the molecule is Cc1ccc(Oc2cccc(C(=N)N)n2)cc1. The van der Waals surface area contributed by atoms with Gasteiger partial charge in [-0.3, -0.25) is 5.41 Å². The van der Waals surface area contributed by atoms with Crippen molar-refractivity contribution in [3.05, 3.63) is 53.7 Å². The van der Waals surface area contributed by atoms with Gasteiger partial charge in [0.05, 0.1) is 0 Å². The van der Waals surface area contributed by atoms with Gasteiger partial charge in [0.1, 0.15) is 17.3 Å². The van der Waals surface area contributed by atoms with Crippen molar-refractivity contribution in [2.45, 2.75) is 6.92 Å². The summed E-state index contributed by atoms with van der Waals surface area (Å²) in [5, 5.41) is 7.30. The zero-order chi connectivity index (χ0) is 12.3. The fourth-order valence-electron chi connectivity index (χ4n) is 1.35. The van der Waals surface area contributed by atoms with E-state index in [9.17, 15) is 0 Å². The van der Waals surface area contributed by atoms with Crippen LogP contribution in [0.4, 0.5) is 0 Å². The molecule has 0 unspecified atom stereocenters. The molecule has 1 heterocycles. The van der Waals surface area contributed by atoms with Gasteiger partial charge in [0.2, 0.25) is 5.88 Å². The molecular formula is C13H13N3O. The first-order chi connectivity index (χ1) is 8.15. The third-order valence-corrected chi connectivity index (χ3v) is 2.24. The Balaban J connectivity index is 2.21. The number of nitrogen functional groups attached to an aromatic ring is 1. The number of ether oxygens (including phenoxy) is 1. The zero-order valence-electron chi connectivity index (χ0n) is 9.47. The Bertz CT molecular complexity index is 535. The molecule has 1 aromatic heterocycles. The lowest BCUT2D eigenvalue weighted by molar-refractivity contribution is 0.462. The second-order valence-electron chi connectivity index (χ2n) is 3.69. The molecule has 0 radical (unpaired) electrons. The van der Waals surface area contributed by atoms with Gasteiger partial charge in [0, 0.05) is 6.07 Å². The average Bonchev–Trinajstić information content (AvgIpc) is 2.32. The fourth-order valence-corrected chi connectivity index (χ4v) is 1.35. The summed E-state index contributed by atoms with van der Waals surface area (Å²) < 4.78 is 5.56. The van der Waals surface area contributed by atoms with Crippen molar-refractivity contribution in [2.24, 2.45) is 5.73 Å². The van der Waals surface area contributed by atoms with E-state index >= 15 is 0 Å². The first kappa shape index (κ1) is 11.1. The highest BCUT2D eigenvalue weighted by Crippen LogP contribution is 2.19. The van der Waals surface area contributed by atoms with Crippen molar-refractivity contribution in [2.75, 3.05) is 0 Å². The molecule has 0 aliphatic carbocycles. The van der Waals surface area contributed by atoms with E-state index < -0.39 is 0 Å². The molecule has 86 valence electrons. The normalized spacial score (nSPS) is 9.94. The quantitative estimate of drug-likeness (QED) is 0.625. The molecule has 0 atom stereocenters. The van der Waals surface area contributed by atoms with Gasteiger partial charge >= 0.3 is 0 Å². The number of aromatic nitrogens is 1. The first-order valence-corrected chi connectivity index (χ1v) is 5.21. The number of nitrogens with one attached hydrogen (secondary N) is 1. The number of aryl methyl sites for hydroxylation is 1. The van der Waals surface area contributed by atoms with Crippen LogP contribution in [0.1, 0.15) is 11.3 Å². The second kappa shape index (κ2) is 4.65. The van der Waals surface area contributed by atoms with Crippen LogP contribution in [0.15, 0.2) is 42.5 Å². The third kappa shape index (κ3) is 2.81. The first-order valence-electron chi connectivity index (χ1n) is 5.21. The monoisotopic (exact) mass is 227 g/mol. The number of nitrogens with two attached hydrogens (primary N) is 1. The molecule has 4 heteroatoms. The smallest absolute Gasteiger partial charge is 0.219 e. The van der Waals surface area contributed by atoms with Crippen LogP contribution < -0.4 is 10.5 Å². The second-order valence-corrected chi connectivity index (χ2v) is 3.69. The van der Waals surface area contributed by atoms with E-state index in [4.69, 9.17) is 15.9 Å². The van der Waals surface area contributed by atoms with Crippen LogP contribution in [0.25, 0.3) is 0 Å². The molecule has 0 aliphatic rings. The molecule has 1 aromatic carbocycles. The molecule has 2 rings (SSSR count). The maximum Gasteiger partial charge on any atom is 0.219 e. The predicted molar refractivity (Wildman–Crippen MR) is 66.5 cm³/mol. The summed E-state index contributed by atoms with van der Waals surface area (Å²) in [6.45, 7) is 2.01. The predicted octanol–water partition coefficient (Wildman–Crippen LogP) is 2.47. The third-order valence-electron chi connectivity index (χ3n) is 2.24. The van der Waals surface area contributed by atoms with E-state index in [-0.39, 0.29) is 5.84 Å². The van der Waals surface area contributed by atoms with Crippen LogP contribution in [-0.4, -0.2) is 10.8 Å². The highest BCUT2D eigenvalue weighted by atomic mass is 16.5. The molecule has 0 bridgehead atoms. The summed E-state index contributed by atoms with van der Waals surface area (Å²) in [7, 11) is 0. The van der Waals surface area contributed by atoms with Crippen LogP contribution in [-0.2, 0) is 0 Å². The molecule has 2 aromatic rings. The molecule has 0 saturated heterocycles.